The van der Waals surface area contributed by atoms with Crippen molar-refractivity contribution in [1.29, 1.82) is 0 Å². The summed E-state index contributed by atoms with van der Waals surface area (Å²) in [5.41, 5.74) is -2.41. The zero-order valence-electron chi connectivity index (χ0n) is 29.4. The molecule has 0 radical (unpaired) electrons. The number of hydrogen-bond donors (Lipinski definition) is 2. The Kier molecular flexibility index (Phi) is 10.6. The van der Waals surface area contributed by atoms with Gasteiger partial charge in [-0.3, -0.25) is 0 Å². The third kappa shape index (κ3) is 5.76. The largest absolute Gasteiger partial charge is 0.496 e. The molecule has 0 unspecified atom stereocenters. The first kappa shape index (κ1) is 35.7. The van der Waals surface area contributed by atoms with Crippen molar-refractivity contribution in [3.05, 3.63) is 130 Å². The Labute approximate surface area is 292 Å². The van der Waals surface area contributed by atoms with Crippen molar-refractivity contribution in [3.8, 4) is 46.0 Å². The molecule has 0 aliphatic heterocycles. The van der Waals surface area contributed by atoms with E-state index < -0.39 is 11.2 Å². The molecule has 0 fully saturated rings. The molecule has 0 bridgehead atoms. The average molecular weight is 683 g/mol. The van der Waals surface area contributed by atoms with Crippen LogP contribution in [0, 0.1) is 0 Å². The Morgan fingerprint density at radius 2 is 0.500 bits per heavy atom. The molecular weight excluding hydrogens is 640 g/mol. The van der Waals surface area contributed by atoms with Crippen LogP contribution >= 0.6 is 0 Å². The van der Waals surface area contributed by atoms with Gasteiger partial charge in [0.1, 0.15) is 46.0 Å². The molecule has 0 aliphatic rings. The van der Waals surface area contributed by atoms with Crippen LogP contribution in [0.2, 0.25) is 0 Å². The number of benzene rings is 5. The highest BCUT2D eigenvalue weighted by Crippen LogP contribution is 2.55. The van der Waals surface area contributed by atoms with Gasteiger partial charge in [-0.05, 0) is 65.7 Å². The summed E-state index contributed by atoms with van der Waals surface area (Å²) in [6, 6.07) is 27.8. The van der Waals surface area contributed by atoms with E-state index in [0.29, 0.717) is 57.1 Å². The standard InChI is InChI=1S/C40H42O10/c1-43-27-16-10-17-28(44-2)35(27)39(41,36-29(45-3)18-11-19-30(36)46-4)25-14-9-15-26(24-25)40(42,37-31(47-5)20-12-21-32(37)48-6)38-33(49-7)22-13-23-34(38)50-8/h9-24,41-42H,1-8H3. The maximum absolute atomic E-state index is 13.5. The van der Waals surface area contributed by atoms with Crippen molar-refractivity contribution in [2.45, 2.75) is 11.2 Å². The fourth-order valence-electron chi connectivity index (χ4n) is 6.63. The fraction of sp³-hybridized carbons (Fsp3) is 0.250. The lowest BCUT2D eigenvalue weighted by Crippen LogP contribution is -2.34. The predicted octanol–water partition coefficient (Wildman–Crippen LogP) is 6.32. The van der Waals surface area contributed by atoms with Crippen LogP contribution in [0.25, 0.3) is 0 Å². The smallest absolute Gasteiger partial charge is 0.154 e. The second-order valence-electron chi connectivity index (χ2n) is 11.2. The van der Waals surface area contributed by atoms with E-state index in [2.05, 4.69) is 0 Å². The summed E-state index contributed by atoms with van der Waals surface area (Å²) in [6.45, 7) is 0. The summed E-state index contributed by atoms with van der Waals surface area (Å²) in [5.74, 6) is 2.65. The second kappa shape index (κ2) is 14.9. The van der Waals surface area contributed by atoms with Crippen LogP contribution in [0.3, 0.4) is 0 Å². The Morgan fingerprint density at radius 1 is 0.320 bits per heavy atom. The lowest BCUT2D eigenvalue weighted by atomic mass is 9.74. The van der Waals surface area contributed by atoms with Crippen molar-refractivity contribution < 1.29 is 48.1 Å². The van der Waals surface area contributed by atoms with Gasteiger partial charge in [0.25, 0.3) is 0 Å². The number of rotatable bonds is 14. The molecular formula is C40H42O10. The zero-order valence-corrected chi connectivity index (χ0v) is 29.4. The Bertz CT molecular complexity index is 1620. The number of ether oxygens (including phenoxy) is 8. The van der Waals surface area contributed by atoms with Gasteiger partial charge in [-0.1, -0.05) is 42.5 Å². The molecule has 5 aromatic rings. The second-order valence-corrected chi connectivity index (χ2v) is 11.2. The summed E-state index contributed by atoms with van der Waals surface area (Å²) >= 11 is 0. The molecule has 262 valence electrons. The first-order valence-corrected chi connectivity index (χ1v) is 15.6. The van der Waals surface area contributed by atoms with Gasteiger partial charge in [-0.2, -0.15) is 0 Å². The highest BCUT2D eigenvalue weighted by atomic mass is 16.5. The van der Waals surface area contributed by atoms with Crippen LogP contribution in [0.15, 0.2) is 97.1 Å². The molecule has 5 rings (SSSR count). The summed E-state index contributed by atoms with van der Waals surface area (Å²) in [7, 11) is 12.1. The highest BCUT2D eigenvalue weighted by Gasteiger charge is 2.47. The minimum Gasteiger partial charge on any atom is -0.496 e. The third-order valence-electron chi connectivity index (χ3n) is 8.86. The van der Waals surface area contributed by atoms with Gasteiger partial charge in [0, 0.05) is 0 Å². The van der Waals surface area contributed by atoms with Gasteiger partial charge < -0.3 is 48.1 Å². The molecule has 5 aromatic carbocycles. The Balaban J connectivity index is 1.99. The molecule has 10 heteroatoms. The van der Waals surface area contributed by atoms with E-state index in [-0.39, 0.29) is 22.3 Å². The van der Waals surface area contributed by atoms with Crippen LogP contribution < -0.4 is 37.9 Å². The topological polar surface area (TPSA) is 114 Å². The molecule has 0 saturated carbocycles. The monoisotopic (exact) mass is 682 g/mol. The maximum atomic E-state index is 13.5. The molecule has 0 aromatic heterocycles. The first-order valence-electron chi connectivity index (χ1n) is 15.6. The zero-order chi connectivity index (χ0) is 36.1. The molecule has 2 N–H and O–H groups in total. The van der Waals surface area contributed by atoms with Crippen molar-refractivity contribution in [3.63, 3.8) is 0 Å². The molecule has 50 heavy (non-hydrogen) atoms. The minimum absolute atomic E-state index is 0.276. The van der Waals surface area contributed by atoms with Crippen molar-refractivity contribution >= 4 is 0 Å². The van der Waals surface area contributed by atoms with E-state index in [4.69, 9.17) is 37.9 Å². The third-order valence-corrected chi connectivity index (χ3v) is 8.86. The highest BCUT2D eigenvalue weighted by molar-refractivity contribution is 5.68. The van der Waals surface area contributed by atoms with Crippen LogP contribution in [0.1, 0.15) is 33.4 Å². The summed E-state index contributed by atoms with van der Waals surface area (Å²) < 4.78 is 46.8. The van der Waals surface area contributed by atoms with Crippen LogP contribution in [-0.2, 0) is 11.2 Å². The summed E-state index contributed by atoms with van der Waals surface area (Å²) in [6.07, 6.45) is 0. The quantitative estimate of drug-likeness (QED) is 0.129. The van der Waals surface area contributed by atoms with E-state index in [1.165, 1.54) is 56.9 Å². The molecule has 0 heterocycles. The van der Waals surface area contributed by atoms with Gasteiger partial charge in [0.2, 0.25) is 0 Å². The average Bonchev–Trinajstić information content (AvgIpc) is 3.18. The molecule has 0 amide bonds. The predicted molar refractivity (Wildman–Crippen MR) is 189 cm³/mol. The number of methoxy groups -OCH3 is 8. The van der Waals surface area contributed by atoms with E-state index in [1.807, 2.05) is 0 Å². The lowest BCUT2D eigenvalue weighted by molar-refractivity contribution is 0.105. The molecule has 10 nitrogen and oxygen atoms in total. The SMILES string of the molecule is COc1cccc(OC)c1C(O)(c1cccc(C(O)(c2c(OC)cccc2OC)c2c(OC)cccc2OC)c1)c1c(OC)cccc1OC. The van der Waals surface area contributed by atoms with E-state index in [0.717, 1.165) is 0 Å². The van der Waals surface area contributed by atoms with Gasteiger partial charge in [-0.25, -0.2) is 0 Å². The number of hydrogen-bond acceptors (Lipinski definition) is 10. The van der Waals surface area contributed by atoms with Crippen LogP contribution in [0.4, 0.5) is 0 Å². The van der Waals surface area contributed by atoms with Crippen molar-refractivity contribution in [2.24, 2.45) is 0 Å². The van der Waals surface area contributed by atoms with Gasteiger partial charge in [-0.15, -0.1) is 0 Å². The van der Waals surface area contributed by atoms with Crippen LogP contribution in [-0.4, -0.2) is 67.1 Å². The normalized spacial score (nSPS) is 11.4. The first-order chi connectivity index (χ1) is 24.2. The molecule has 0 aliphatic carbocycles. The van der Waals surface area contributed by atoms with Gasteiger partial charge in [0.15, 0.2) is 11.2 Å². The minimum atomic E-state index is -2.07. The van der Waals surface area contributed by atoms with E-state index in [1.54, 1.807) is 97.1 Å². The summed E-state index contributed by atoms with van der Waals surface area (Å²) in [4.78, 5) is 0. The molecule has 0 spiro atoms. The molecule has 0 saturated heterocycles. The van der Waals surface area contributed by atoms with E-state index >= 15 is 0 Å². The van der Waals surface area contributed by atoms with Gasteiger partial charge in [0.05, 0.1) is 79.1 Å². The van der Waals surface area contributed by atoms with E-state index in [9.17, 15) is 10.2 Å². The lowest BCUT2D eigenvalue weighted by Gasteiger charge is -2.37. The summed E-state index contributed by atoms with van der Waals surface area (Å²) in [5, 5.41) is 27.0. The van der Waals surface area contributed by atoms with Crippen LogP contribution in [0.5, 0.6) is 46.0 Å². The van der Waals surface area contributed by atoms with Gasteiger partial charge >= 0.3 is 0 Å². The maximum Gasteiger partial charge on any atom is 0.154 e. The fourth-order valence-corrected chi connectivity index (χ4v) is 6.63. The van der Waals surface area contributed by atoms with Crippen molar-refractivity contribution in [1.82, 2.24) is 0 Å². The number of aliphatic hydroxyl groups is 2. The van der Waals surface area contributed by atoms with Crippen molar-refractivity contribution in [2.75, 3.05) is 56.9 Å². The Hall–Kier alpha value is -5.58. The Morgan fingerprint density at radius 3 is 0.680 bits per heavy atom. The molecule has 0 atom stereocenters.